The molecule has 3 aromatic rings. The number of thiophene rings is 1. The lowest BCUT2D eigenvalue weighted by atomic mass is 9.98. The van der Waals surface area contributed by atoms with Crippen LogP contribution in [0, 0.1) is 6.92 Å². The van der Waals surface area contributed by atoms with Gasteiger partial charge >= 0.3 is 0 Å². The first-order chi connectivity index (χ1) is 13.2. The van der Waals surface area contributed by atoms with Gasteiger partial charge in [-0.05, 0) is 50.3 Å². The Morgan fingerprint density at radius 2 is 2.04 bits per heavy atom. The van der Waals surface area contributed by atoms with Crippen molar-refractivity contribution in [2.45, 2.75) is 38.6 Å². The Morgan fingerprint density at radius 1 is 1.22 bits per heavy atom. The second-order valence-electron chi connectivity index (χ2n) is 6.99. The molecule has 0 radical (unpaired) electrons. The summed E-state index contributed by atoms with van der Waals surface area (Å²) in [4.78, 5) is 13.9. The Kier molecular flexibility index (Phi) is 5.27. The first-order valence-corrected chi connectivity index (χ1v) is 10.3. The molecule has 0 bridgehead atoms. The minimum Gasteiger partial charge on any atom is -0.497 e. The minimum atomic E-state index is 0.212. The largest absolute Gasteiger partial charge is 0.497 e. The summed E-state index contributed by atoms with van der Waals surface area (Å²) >= 11 is 1.72. The molecule has 27 heavy (non-hydrogen) atoms. The van der Waals surface area contributed by atoms with Crippen LogP contribution in [0.15, 0.2) is 30.6 Å². The van der Waals surface area contributed by atoms with Gasteiger partial charge in [0.1, 0.15) is 22.7 Å². The molecular weight excluding hydrogens is 358 g/mol. The number of fused-ring (bicyclic) bond motifs is 1. The van der Waals surface area contributed by atoms with Crippen molar-refractivity contribution in [3.05, 3.63) is 35.5 Å². The number of piperidine rings is 1. The first-order valence-electron chi connectivity index (χ1n) is 9.49. The van der Waals surface area contributed by atoms with Gasteiger partial charge in [0.2, 0.25) is 0 Å². The van der Waals surface area contributed by atoms with E-state index in [0.717, 1.165) is 53.2 Å². The maximum Gasteiger partial charge on any atom is 0.141 e. The molecule has 5 nitrogen and oxygen atoms in total. The van der Waals surface area contributed by atoms with E-state index in [2.05, 4.69) is 28.9 Å². The van der Waals surface area contributed by atoms with Crippen LogP contribution in [0.3, 0.4) is 0 Å². The number of hydrogen-bond acceptors (Lipinski definition) is 6. The van der Waals surface area contributed by atoms with Gasteiger partial charge in [-0.15, -0.1) is 11.3 Å². The monoisotopic (exact) mass is 383 g/mol. The fourth-order valence-corrected chi connectivity index (χ4v) is 5.09. The van der Waals surface area contributed by atoms with E-state index in [1.54, 1.807) is 24.8 Å². The molecule has 1 aliphatic heterocycles. The maximum atomic E-state index is 9.51. The third-order valence-corrected chi connectivity index (χ3v) is 6.40. The number of ether oxygens (including phenoxy) is 1. The van der Waals surface area contributed by atoms with Crippen molar-refractivity contribution in [2.24, 2.45) is 0 Å². The molecular formula is C21H25N3O2S. The number of nitrogens with zero attached hydrogens (tertiary/aromatic N) is 3. The summed E-state index contributed by atoms with van der Waals surface area (Å²) in [6.07, 6.45) is 5.94. The Balaban J connectivity index is 1.86. The van der Waals surface area contributed by atoms with Crippen LogP contribution < -0.4 is 9.64 Å². The highest BCUT2D eigenvalue weighted by Gasteiger charge is 2.27. The van der Waals surface area contributed by atoms with Gasteiger partial charge in [0.25, 0.3) is 0 Å². The Labute approximate surface area is 163 Å². The Bertz CT molecular complexity index is 921. The molecule has 1 aliphatic rings. The van der Waals surface area contributed by atoms with Crippen molar-refractivity contribution in [3.63, 3.8) is 0 Å². The van der Waals surface area contributed by atoms with Gasteiger partial charge in [0, 0.05) is 29.6 Å². The number of methoxy groups -OCH3 is 1. The van der Waals surface area contributed by atoms with E-state index in [1.165, 1.54) is 16.9 Å². The molecule has 4 rings (SSSR count). The highest BCUT2D eigenvalue weighted by molar-refractivity contribution is 7.19. The summed E-state index contributed by atoms with van der Waals surface area (Å²) in [5.74, 6) is 1.86. The fraction of sp³-hybridized carbons (Fsp3) is 0.429. The smallest absolute Gasteiger partial charge is 0.141 e. The van der Waals surface area contributed by atoms with Crippen molar-refractivity contribution in [1.29, 1.82) is 0 Å². The van der Waals surface area contributed by atoms with Crippen LogP contribution >= 0.6 is 11.3 Å². The lowest BCUT2D eigenvalue weighted by Gasteiger charge is -2.37. The number of aryl methyl sites for hydroxylation is 1. The van der Waals surface area contributed by atoms with Crippen molar-refractivity contribution < 1.29 is 9.84 Å². The third kappa shape index (κ3) is 3.39. The zero-order valence-corrected chi connectivity index (χ0v) is 16.6. The van der Waals surface area contributed by atoms with Gasteiger partial charge in [-0.1, -0.05) is 12.1 Å². The summed E-state index contributed by atoms with van der Waals surface area (Å²) in [5.41, 5.74) is 2.37. The van der Waals surface area contributed by atoms with Gasteiger partial charge < -0.3 is 14.7 Å². The highest BCUT2D eigenvalue weighted by atomic mass is 32.1. The third-order valence-electron chi connectivity index (χ3n) is 5.38. The summed E-state index contributed by atoms with van der Waals surface area (Å²) in [7, 11) is 1.68. The summed E-state index contributed by atoms with van der Waals surface area (Å²) in [5, 5.41) is 10.6. The molecule has 1 unspecified atom stereocenters. The van der Waals surface area contributed by atoms with Crippen LogP contribution in [0.25, 0.3) is 21.3 Å². The predicted molar refractivity (Wildman–Crippen MR) is 111 cm³/mol. The molecule has 6 heteroatoms. The second-order valence-corrected chi connectivity index (χ2v) is 8.20. The van der Waals surface area contributed by atoms with E-state index in [1.807, 2.05) is 12.1 Å². The summed E-state index contributed by atoms with van der Waals surface area (Å²) in [6, 6.07) is 8.54. The predicted octanol–water partition coefficient (Wildman–Crippen LogP) is 4.42. The molecule has 0 aliphatic carbocycles. The maximum absolute atomic E-state index is 9.51. The van der Waals surface area contributed by atoms with Crippen molar-refractivity contribution >= 4 is 27.4 Å². The quantitative estimate of drug-likeness (QED) is 0.707. The van der Waals surface area contributed by atoms with Gasteiger partial charge in [-0.2, -0.15) is 0 Å². The SMILES string of the molecule is COc1ccc(-c2c(C)sc3ncnc(N4CCCCC4CCO)c23)cc1. The number of rotatable bonds is 5. The van der Waals surface area contributed by atoms with Gasteiger partial charge in [0.05, 0.1) is 12.5 Å². The van der Waals surface area contributed by atoms with Crippen LogP contribution in [0.4, 0.5) is 5.82 Å². The lowest BCUT2D eigenvalue weighted by Crippen LogP contribution is -2.40. The van der Waals surface area contributed by atoms with Crippen molar-refractivity contribution in [2.75, 3.05) is 25.2 Å². The Hall–Kier alpha value is -2.18. The van der Waals surface area contributed by atoms with E-state index in [-0.39, 0.29) is 6.61 Å². The van der Waals surface area contributed by atoms with Crippen molar-refractivity contribution in [1.82, 2.24) is 9.97 Å². The first kappa shape index (κ1) is 18.2. The second kappa shape index (κ2) is 7.82. The molecule has 2 aromatic heterocycles. The molecule has 0 amide bonds. The van der Waals surface area contributed by atoms with Crippen LogP contribution in [0.2, 0.25) is 0 Å². The molecule has 1 N–H and O–H groups in total. The number of aliphatic hydroxyl groups excluding tert-OH is 1. The van der Waals surface area contributed by atoms with Crippen LogP contribution in [0.1, 0.15) is 30.6 Å². The van der Waals surface area contributed by atoms with Crippen LogP contribution in [-0.2, 0) is 0 Å². The van der Waals surface area contributed by atoms with Crippen LogP contribution in [-0.4, -0.2) is 41.4 Å². The molecule has 0 spiro atoms. The van der Waals surface area contributed by atoms with Gasteiger partial charge in [-0.25, -0.2) is 9.97 Å². The average Bonchev–Trinajstić information content (AvgIpc) is 3.04. The number of hydrogen-bond donors (Lipinski definition) is 1. The lowest BCUT2D eigenvalue weighted by molar-refractivity contribution is 0.262. The normalized spacial score (nSPS) is 17.4. The molecule has 1 saturated heterocycles. The van der Waals surface area contributed by atoms with E-state index in [9.17, 15) is 5.11 Å². The van der Waals surface area contributed by atoms with E-state index in [4.69, 9.17) is 9.72 Å². The zero-order chi connectivity index (χ0) is 18.8. The number of aromatic nitrogens is 2. The zero-order valence-electron chi connectivity index (χ0n) is 15.8. The molecule has 1 aromatic carbocycles. The van der Waals surface area contributed by atoms with E-state index >= 15 is 0 Å². The molecule has 1 atom stereocenters. The standard InChI is InChI=1S/C21H25N3O2S/c1-14-18(15-6-8-17(26-2)9-7-15)19-20(22-13-23-21(19)27-14)24-11-4-3-5-16(24)10-12-25/h6-9,13,16,25H,3-5,10-12H2,1-2H3. The molecule has 1 fully saturated rings. The average molecular weight is 384 g/mol. The van der Waals surface area contributed by atoms with E-state index < -0.39 is 0 Å². The van der Waals surface area contributed by atoms with Gasteiger partial charge in [0.15, 0.2) is 0 Å². The van der Waals surface area contributed by atoms with Gasteiger partial charge in [-0.3, -0.25) is 0 Å². The number of anilines is 1. The topological polar surface area (TPSA) is 58.5 Å². The highest BCUT2D eigenvalue weighted by Crippen LogP contribution is 2.43. The summed E-state index contributed by atoms with van der Waals surface area (Å²) < 4.78 is 5.31. The molecule has 142 valence electrons. The minimum absolute atomic E-state index is 0.212. The van der Waals surface area contributed by atoms with E-state index in [0.29, 0.717) is 6.04 Å². The number of benzene rings is 1. The Morgan fingerprint density at radius 3 is 2.78 bits per heavy atom. The molecule has 0 saturated carbocycles. The van der Waals surface area contributed by atoms with Crippen molar-refractivity contribution in [3.8, 4) is 16.9 Å². The summed E-state index contributed by atoms with van der Waals surface area (Å²) in [6.45, 7) is 3.34. The number of aliphatic hydroxyl groups is 1. The fourth-order valence-electron chi connectivity index (χ4n) is 4.08. The molecule has 3 heterocycles. The van der Waals surface area contributed by atoms with Crippen LogP contribution in [0.5, 0.6) is 5.75 Å².